The topological polar surface area (TPSA) is 77.0 Å². The van der Waals surface area contributed by atoms with Gasteiger partial charge in [0.1, 0.15) is 0 Å². The molecule has 0 aromatic heterocycles. The molecule has 0 saturated carbocycles. The summed E-state index contributed by atoms with van der Waals surface area (Å²) in [6.45, 7) is 4.20. The van der Waals surface area contributed by atoms with Gasteiger partial charge in [0.2, 0.25) is 5.91 Å². The van der Waals surface area contributed by atoms with Crippen molar-refractivity contribution >= 4 is 34.8 Å². The molecule has 1 N–H and O–H groups in total. The summed E-state index contributed by atoms with van der Waals surface area (Å²) in [5.41, 5.74) is 0.801. The first-order valence-corrected chi connectivity index (χ1v) is 9.46. The summed E-state index contributed by atoms with van der Waals surface area (Å²) in [6, 6.07) is 5.52. The first-order chi connectivity index (χ1) is 12.5. The van der Waals surface area contributed by atoms with Crippen molar-refractivity contribution in [2.45, 2.75) is 39.5 Å². The van der Waals surface area contributed by atoms with Gasteiger partial charge in [0.25, 0.3) is 5.91 Å². The highest BCUT2D eigenvalue weighted by molar-refractivity contribution is 8.18. The van der Waals surface area contributed by atoms with Crippen molar-refractivity contribution in [3.63, 3.8) is 0 Å². The normalized spacial score (nSPS) is 15.1. The number of hydrogen-bond donors (Lipinski definition) is 1. The first kappa shape index (κ1) is 20.0. The summed E-state index contributed by atoms with van der Waals surface area (Å²) in [5.74, 6) is 0.682. The number of benzene rings is 1. The maximum absolute atomic E-state index is 11.9. The number of nitrogens with one attached hydrogen (secondary N) is 1. The van der Waals surface area contributed by atoms with Gasteiger partial charge in [-0.05, 0) is 42.0 Å². The molecule has 1 aliphatic rings. The van der Waals surface area contributed by atoms with Crippen LogP contribution < -0.4 is 14.8 Å². The minimum Gasteiger partial charge on any atom is -0.493 e. The Labute approximate surface area is 158 Å². The summed E-state index contributed by atoms with van der Waals surface area (Å²) in [5, 5.41) is 2.82. The largest absolute Gasteiger partial charge is 0.493 e. The van der Waals surface area contributed by atoms with Gasteiger partial charge in [0.15, 0.2) is 16.7 Å². The van der Waals surface area contributed by atoms with E-state index in [9.17, 15) is 9.59 Å². The van der Waals surface area contributed by atoms with Crippen LogP contribution >= 0.6 is 11.8 Å². The fourth-order valence-electron chi connectivity index (χ4n) is 2.37. The summed E-state index contributed by atoms with van der Waals surface area (Å²) in [6.07, 6.45) is 6.28. The molecule has 0 radical (unpaired) electrons. The Balaban J connectivity index is 2.02. The van der Waals surface area contributed by atoms with Crippen molar-refractivity contribution in [1.82, 2.24) is 5.32 Å². The third-order valence-electron chi connectivity index (χ3n) is 3.64. The van der Waals surface area contributed by atoms with Crippen LogP contribution in [0.15, 0.2) is 28.1 Å². The molecule has 2 amide bonds. The number of aliphatic imine (C=N–C) groups is 1. The molecule has 1 heterocycles. The SMILES string of the molecule is CCCCCCOc1ccc(/C=C2/SC(NC(C)=O)=NC2=O)cc1OC. The van der Waals surface area contributed by atoms with Crippen LogP contribution in [0.4, 0.5) is 0 Å². The average molecular weight is 376 g/mol. The molecule has 7 heteroatoms. The zero-order chi connectivity index (χ0) is 18.9. The zero-order valence-corrected chi connectivity index (χ0v) is 16.1. The van der Waals surface area contributed by atoms with Gasteiger partial charge in [-0.2, -0.15) is 4.99 Å². The van der Waals surface area contributed by atoms with E-state index in [0.717, 1.165) is 30.2 Å². The molecule has 0 spiro atoms. The van der Waals surface area contributed by atoms with Crippen LogP contribution in [0, 0.1) is 0 Å². The van der Waals surface area contributed by atoms with E-state index in [1.54, 1.807) is 13.2 Å². The minimum atomic E-state index is -0.367. The lowest BCUT2D eigenvalue weighted by Gasteiger charge is -2.11. The Morgan fingerprint density at radius 3 is 2.77 bits per heavy atom. The molecule has 1 aromatic carbocycles. The fraction of sp³-hybridized carbons (Fsp3) is 0.421. The molecule has 1 aliphatic heterocycles. The maximum atomic E-state index is 11.9. The standard InChI is InChI=1S/C19H24N2O4S/c1-4-5-6-7-10-25-15-9-8-14(11-16(15)24-3)12-17-18(23)21-19(26-17)20-13(2)22/h8-9,11-12H,4-7,10H2,1-3H3,(H,20,21,22,23)/b17-12+. The molecular formula is C19H24N2O4S. The second kappa shape index (κ2) is 10.0. The van der Waals surface area contributed by atoms with E-state index < -0.39 is 0 Å². The molecule has 0 fully saturated rings. The Morgan fingerprint density at radius 2 is 2.08 bits per heavy atom. The van der Waals surface area contributed by atoms with Crippen LogP contribution in [0.1, 0.15) is 45.1 Å². The molecular weight excluding hydrogens is 352 g/mol. The summed E-state index contributed by atoms with van der Waals surface area (Å²) < 4.78 is 11.2. The van der Waals surface area contributed by atoms with Crippen LogP contribution in [-0.2, 0) is 9.59 Å². The van der Waals surface area contributed by atoms with Gasteiger partial charge in [-0.25, -0.2) is 0 Å². The number of carbonyl (C=O) groups excluding carboxylic acids is 2. The van der Waals surface area contributed by atoms with Crippen molar-refractivity contribution in [3.05, 3.63) is 28.7 Å². The predicted octanol–water partition coefficient (Wildman–Crippen LogP) is 3.76. The number of nitrogens with zero attached hydrogens (tertiary/aromatic N) is 1. The van der Waals surface area contributed by atoms with E-state index in [1.165, 1.54) is 19.8 Å². The Kier molecular flexibility index (Phi) is 7.72. The lowest BCUT2D eigenvalue weighted by molar-refractivity contribution is -0.117. The van der Waals surface area contributed by atoms with Crippen LogP contribution in [0.3, 0.4) is 0 Å². The number of unbranched alkanes of at least 4 members (excludes halogenated alkanes) is 3. The fourth-order valence-corrected chi connectivity index (χ4v) is 3.23. The molecule has 0 unspecified atom stereocenters. The van der Waals surface area contributed by atoms with Gasteiger partial charge in [-0.3, -0.25) is 9.59 Å². The van der Waals surface area contributed by atoms with E-state index in [0.29, 0.717) is 28.2 Å². The lowest BCUT2D eigenvalue weighted by atomic mass is 10.2. The quantitative estimate of drug-likeness (QED) is 0.552. The number of amidine groups is 1. The summed E-state index contributed by atoms with van der Waals surface area (Å²) in [7, 11) is 1.59. The van der Waals surface area contributed by atoms with Crippen LogP contribution in [0.5, 0.6) is 11.5 Å². The van der Waals surface area contributed by atoms with Gasteiger partial charge in [-0.1, -0.05) is 32.3 Å². The number of thioether (sulfide) groups is 1. The van der Waals surface area contributed by atoms with Gasteiger partial charge < -0.3 is 14.8 Å². The molecule has 0 aliphatic carbocycles. The van der Waals surface area contributed by atoms with E-state index in [-0.39, 0.29) is 11.8 Å². The second-order valence-corrected chi connectivity index (χ2v) is 6.86. The number of amides is 2. The second-order valence-electron chi connectivity index (χ2n) is 5.83. The zero-order valence-electron chi connectivity index (χ0n) is 15.3. The molecule has 6 nitrogen and oxygen atoms in total. The Hall–Kier alpha value is -2.28. The molecule has 0 saturated heterocycles. The number of rotatable bonds is 8. The van der Waals surface area contributed by atoms with Crippen molar-refractivity contribution in [2.24, 2.45) is 4.99 Å². The smallest absolute Gasteiger partial charge is 0.286 e. The highest BCUT2D eigenvalue weighted by atomic mass is 32.2. The van der Waals surface area contributed by atoms with E-state index in [1.807, 2.05) is 18.2 Å². The summed E-state index contributed by atoms with van der Waals surface area (Å²) in [4.78, 5) is 27.3. The van der Waals surface area contributed by atoms with Crippen LogP contribution in [0.2, 0.25) is 0 Å². The third-order valence-corrected chi connectivity index (χ3v) is 4.54. The summed E-state index contributed by atoms with van der Waals surface area (Å²) >= 11 is 1.14. The van der Waals surface area contributed by atoms with Crippen LogP contribution in [0.25, 0.3) is 6.08 Å². The molecule has 2 rings (SSSR count). The number of carbonyl (C=O) groups is 2. The number of hydrogen-bond acceptors (Lipinski definition) is 5. The molecule has 0 bridgehead atoms. The highest BCUT2D eigenvalue weighted by Crippen LogP contribution is 2.32. The number of ether oxygens (including phenoxy) is 2. The van der Waals surface area contributed by atoms with Crippen molar-refractivity contribution in [3.8, 4) is 11.5 Å². The van der Waals surface area contributed by atoms with E-state index in [4.69, 9.17) is 9.47 Å². The van der Waals surface area contributed by atoms with Crippen LogP contribution in [-0.4, -0.2) is 30.7 Å². The predicted molar refractivity (Wildman–Crippen MR) is 104 cm³/mol. The first-order valence-electron chi connectivity index (χ1n) is 8.64. The Bertz CT molecular complexity index is 728. The molecule has 0 atom stereocenters. The van der Waals surface area contributed by atoms with E-state index in [2.05, 4.69) is 17.2 Å². The Morgan fingerprint density at radius 1 is 1.27 bits per heavy atom. The average Bonchev–Trinajstić information content (AvgIpc) is 2.93. The van der Waals surface area contributed by atoms with Gasteiger partial charge >= 0.3 is 0 Å². The minimum absolute atomic E-state index is 0.257. The van der Waals surface area contributed by atoms with Gasteiger partial charge in [0, 0.05) is 6.92 Å². The van der Waals surface area contributed by atoms with Gasteiger partial charge in [-0.15, -0.1) is 0 Å². The van der Waals surface area contributed by atoms with Crippen molar-refractivity contribution in [1.29, 1.82) is 0 Å². The number of methoxy groups -OCH3 is 1. The van der Waals surface area contributed by atoms with Gasteiger partial charge in [0.05, 0.1) is 18.6 Å². The third kappa shape index (κ3) is 5.91. The monoisotopic (exact) mass is 376 g/mol. The maximum Gasteiger partial charge on any atom is 0.286 e. The van der Waals surface area contributed by atoms with E-state index >= 15 is 0 Å². The molecule has 26 heavy (non-hydrogen) atoms. The van der Waals surface area contributed by atoms with Crippen molar-refractivity contribution in [2.75, 3.05) is 13.7 Å². The molecule has 140 valence electrons. The van der Waals surface area contributed by atoms with Crippen molar-refractivity contribution < 1.29 is 19.1 Å². The lowest BCUT2D eigenvalue weighted by Crippen LogP contribution is -2.23. The highest BCUT2D eigenvalue weighted by Gasteiger charge is 2.22. The molecule has 1 aromatic rings.